The molecule has 0 spiro atoms. The molecule has 1 N–H and O–H groups in total. The first kappa shape index (κ1) is 16.9. The summed E-state index contributed by atoms with van der Waals surface area (Å²) in [6, 6.07) is 12.2. The molecule has 0 aromatic heterocycles. The van der Waals surface area contributed by atoms with E-state index in [1.54, 1.807) is 0 Å². The summed E-state index contributed by atoms with van der Waals surface area (Å²) >= 11 is 1.97. The summed E-state index contributed by atoms with van der Waals surface area (Å²) in [6.07, 6.45) is 4.60. The molecule has 3 atom stereocenters. The maximum absolute atomic E-state index is 3.76. The molecule has 2 rings (SSSR count). The zero-order chi connectivity index (χ0) is 15.1. The van der Waals surface area contributed by atoms with Crippen molar-refractivity contribution < 1.29 is 0 Å². The first-order valence-corrected chi connectivity index (χ1v) is 9.62. The molecular formula is C18H30N2S. The molecular weight excluding hydrogens is 276 g/mol. The Morgan fingerprint density at radius 1 is 1.33 bits per heavy atom. The van der Waals surface area contributed by atoms with E-state index in [0.29, 0.717) is 12.1 Å². The summed E-state index contributed by atoms with van der Waals surface area (Å²) in [4.78, 5) is 2.73. The fourth-order valence-corrected chi connectivity index (χ4v) is 4.00. The molecule has 1 aromatic rings. The first-order chi connectivity index (χ1) is 10.2. The minimum Gasteiger partial charge on any atom is -0.311 e. The molecule has 3 heteroatoms. The lowest BCUT2D eigenvalue weighted by Crippen LogP contribution is -2.57. The Kier molecular flexibility index (Phi) is 7.08. The predicted molar refractivity (Wildman–Crippen MR) is 95.1 cm³/mol. The van der Waals surface area contributed by atoms with Crippen molar-refractivity contribution in [2.45, 2.75) is 38.8 Å². The number of piperazine rings is 1. The van der Waals surface area contributed by atoms with Crippen LogP contribution in [0.25, 0.3) is 0 Å². The van der Waals surface area contributed by atoms with E-state index in [-0.39, 0.29) is 0 Å². The molecule has 0 amide bonds. The van der Waals surface area contributed by atoms with E-state index in [1.165, 1.54) is 30.8 Å². The number of nitrogens with zero attached hydrogens (tertiary/aromatic N) is 1. The lowest BCUT2D eigenvalue weighted by molar-refractivity contribution is 0.113. The second-order valence-corrected chi connectivity index (χ2v) is 7.28. The third-order valence-electron chi connectivity index (χ3n) is 4.41. The minimum absolute atomic E-state index is 0.594. The van der Waals surface area contributed by atoms with Gasteiger partial charge in [-0.05, 0) is 36.3 Å². The van der Waals surface area contributed by atoms with Gasteiger partial charge in [0.25, 0.3) is 0 Å². The Bertz CT molecular complexity index is 395. The topological polar surface area (TPSA) is 15.3 Å². The van der Waals surface area contributed by atoms with Crippen molar-refractivity contribution in [3.05, 3.63) is 35.9 Å². The summed E-state index contributed by atoms with van der Waals surface area (Å²) < 4.78 is 0. The Hall–Kier alpha value is -0.510. The van der Waals surface area contributed by atoms with Gasteiger partial charge in [0, 0.05) is 31.7 Å². The van der Waals surface area contributed by atoms with Crippen LogP contribution >= 0.6 is 11.8 Å². The van der Waals surface area contributed by atoms with E-state index in [9.17, 15) is 0 Å². The maximum atomic E-state index is 3.76. The van der Waals surface area contributed by atoms with Gasteiger partial charge in [-0.3, -0.25) is 4.90 Å². The van der Waals surface area contributed by atoms with Crippen LogP contribution in [0.1, 0.15) is 25.8 Å². The monoisotopic (exact) mass is 306 g/mol. The average Bonchev–Trinajstić information content (AvgIpc) is 2.49. The Morgan fingerprint density at radius 2 is 2.10 bits per heavy atom. The number of thioether (sulfide) groups is 1. The molecule has 1 aliphatic rings. The van der Waals surface area contributed by atoms with Crippen LogP contribution in [0.15, 0.2) is 30.3 Å². The fourth-order valence-electron chi connectivity index (χ4n) is 3.33. The molecule has 21 heavy (non-hydrogen) atoms. The average molecular weight is 307 g/mol. The second-order valence-electron chi connectivity index (χ2n) is 6.37. The van der Waals surface area contributed by atoms with Crippen molar-refractivity contribution in [2.24, 2.45) is 5.92 Å². The molecule has 1 fully saturated rings. The number of hydrogen-bond donors (Lipinski definition) is 1. The number of nitrogens with one attached hydrogen (secondary N) is 1. The highest BCUT2D eigenvalue weighted by Gasteiger charge is 2.27. The Labute approximate surface area is 134 Å². The van der Waals surface area contributed by atoms with Crippen LogP contribution in [0.4, 0.5) is 0 Å². The number of rotatable bonds is 7. The van der Waals surface area contributed by atoms with Gasteiger partial charge in [-0.15, -0.1) is 0 Å². The van der Waals surface area contributed by atoms with E-state index in [0.717, 1.165) is 18.9 Å². The Balaban J connectivity index is 1.91. The Morgan fingerprint density at radius 3 is 2.76 bits per heavy atom. The number of hydrogen-bond acceptors (Lipinski definition) is 3. The lowest BCUT2D eigenvalue weighted by atomic mass is 9.99. The minimum atomic E-state index is 0.594. The van der Waals surface area contributed by atoms with Crippen molar-refractivity contribution in [1.82, 2.24) is 10.2 Å². The van der Waals surface area contributed by atoms with E-state index in [4.69, 9.17) is 0 Å². The largest absolute Gasteiger partial charge is 0.311 e. The predicted octanol–water partition coefficient (Wildman–Crippen LogP) is 3.28. The molecule has 1 heterocycles. The quantitative estimate of drug-likeness (QED) is 0.832. The third-order valence-corrected chi connectivity index (χ3v) is 5.31. The second kappa shape index (κ2) is 8.82. The summed E-state index contributed by atoms with van der Waals surface area (Å²) in [5.41, 5.74) is 1.45. The highest BCUT2D eigenvalue weighted by Crippen LogP contribution is 2.17. The molecule has 1 saturated heterocycles. The van der Waals surface area contributed by atoms with Gasteiger partial charge in [0.15, 0.2) is 0 Å². The van der Waals surface area contributed by atoms with Gasteiger partial charge in [0.2, 0.25) is 0 Å². The third kappa shape index (κ3) is 5.32. The first-order valence-electron chi connectivity index (χ1n) is 8.23. The van der Waals surface area contributed by atoms with Gasteiger partial charge in [-0.2, -0.15) is 11.8 Å². The zero-order valence-corrected chi connectivity index (χ0v) is 14.5. The van der Waals surface area contributed by atoms with Crippen LogP contribution in [0, 0.1) is 5.92 Å². The molecule has 3 unspecified atom stereocenters. The molecule has 0 saturated carbocycles. The SMILES string of the molecule is CCC1CNC(Cc2ccccc2)CN1CC(C)CSC. The molecule has 1 aliphatic heterocycles. The summed E-state index contributed by atoms with van der Waals surface area (Å²) in [7, 11) is 0. The molecule has 1 aromatic carbocycles. The van der Waals surface area contributed by atoms with Crippen LogP contribution in [0.2, 0.25) is 0 Å². The fraction of sp³-hybridized carbons (Fsp3) is 0.667. The van der Waals surface area contributed by atoms with Crippen LogP contribution in [0.3, 0.4) is 0 Å². The summed E-state index contributed by atoms with van der Waals surface area (Å²) in [5, 5.41) is 3.76. The van der Waals surface area contributed by atoms with Gasteiger partial charge >= 0.3 is 0 Å². The lowest BCUT2D eigenvalue weighted by Gasteiger charge is -2.41. The summed E-state index contributed by atoms with van der Waals surface area (Å²) in [6.45, 7) is 8.27. The van der Waals surface area contributed by atoms with Crippen LogP contribution < -0.4 is 5.32 Å². The van der Waals surface area contributed by atoms with E-state index in [2.05, 4.69) is 60.7 Å². The smallest absolute Gasteiger partial charge is 0.0236 e. The van der Waals surface area contributed by atoms with E-state index < -0.39 is 0 Å². The van der Waals surface area contributed by atoms with Crippen LogP contribution in [-0.4, -0.2) is 48.6 Å². The van der Waals surface area contributed by atoms with Gasteiger partial charge in [-0.1, -0.05) is 44.2 Å². The van der Waals surface area contributed by atoms with Crippen molar-refractivity contribution in [1.29, 1.82) is 0 Å². The standard InChI is InChI=1S/C18H30N2S/c1-4-18-11-19-17(10-16-8-6-5-7-9-16)13-20(18)12-15(2)14-21-3/h5-9,15,17-19H,4,10-14H2,1-3H3. The molecule has 0 radical (unpaired) electrons. The number of benzene rings is 1. The van der Waals surface area contributed by atoms with Gasteiger partial charge in [-0.25, -0.2) is 0 Å². The van der Waals surface area contributed by atoms with Crippen molar-refractivity contribution in [3.8, 4) is 0 Å². The maximum Gasteiger partial charge on any atom is 0.0236 e. The molecule has 118 valence electrons. The van der Waals surface area contributed by atoms with E-state index >= 15 is 0 Å². The molecule has 0 bridgehead atoms. The molecule has 2 nitrogen and oxygen atoms in total. The normalized spacial score (nSPS) is 24.9. The van der Waals surface area contributed by atoms with Gasteiger partial charge in [0.1, 0.15) is 0 Å². The van der Waals surface area contributed by atoms with E-state index in [1.807, 2.05) is 11.8 Å². The highest BCUT2D eigenvalue weighted by molar-refractivity contribution is 7.98. The summed E-state index contributed by atoms with van der Waals surface area (Å²) in [5.74, 6) is 2.05. The van der Waals surface area contributed by atoms with Crippen molar-refractivity contribution in [3.63, 3.8) is 0 Å². The zero-order valence-electron chi connectivity index (χ0n) is 13.7. The van der Waals surface area contributed by atoms with Crippen LogP contribution in [0.5, 0.6) is 0 Å². The van der Waals surface area contributed by atoms with Gasteiger partial charge in [0.05, 0.1) is 0 Å². The van der Waals surface area contributed by atoms with Crippen molar-refractivity contribution in [2.75, 3.05) is 31.6 Å². The molecule has 0 aliphatic carbocycles. The van der Waals surface area contributed by atoms with Gasteiger partial charge < -0.3 is 5.32 Å². The van der Waals surface area contributed by atoms with Crippen LogP contribution in [-0.2, 0) is 6.42 Å². The highest BCUT2D eigenvalue weighted by atomic mass is 32.2. The van der Waals surface area contributed by atoms with Crippen molar-refractivity contribution >= 4 is 11.8 Å².